The van der Waals surface area contributed by atoms with Crippen LogP contribution in [0.1, 0.15) is 50.8 Å². The van der Waals surface area contributed by atoms with Crippen LogP contribution in [0.25, 0.3) is 0 Å². The summed E-state index contributed by atoms with van der Waals surface area (Å²) >= 11 is 0. The lowest BCUT2D eigenvalue weighted by atomic mass is 9.98. The predicted molar refractivity (Wildman–Crippen MR) is 88.2 cm³/mol. The minimum atomic E-state index is -3.04. The van der Waals surface area contributed by atoms with E-state index in [-0.39, 0.29) is 11.8 Å². The van der Waals surface area contributed by atoms with Crippen LogP contribution in [0.4, 0.5) is 0 Å². The Bertz CT molecular complexity index is 672. The van der Waals surface area contributed by atoms with Crippen molar-refractivity contribution < 1.29 is 8.42 Å². The first-order chi connectivity index (χ1) is 10.4. The smallest absolute Gasteiger partial charge is 0.158 e. The number of sulfone groups is 1. The van der Waals surface area contributed by atoms with Crippen molar-refractivity contribution in [2.45, 2.75) is 44.4 Å². The molecule has 1 aromatic rings. The molecule has 1 aliphatic rings. The average molecular weight is 320 g/mol. The Hall–Kier alpha value is -1.38. The van der Waals surface area contributed by atoms with E-state index in [4.69, 9.17) is 5.26 Å². The van der Waals surface area contributed by atoms with Gasteiger partial charge in [-0.15, -0.1) is 0 Å². The standard InChI is InChI=1S/C17H24N2O2S/c1-4-17(5-2)13-19(9-10-22(17,20)21)14(3)16-8-6-7-15(11-16)12-18/h6-8,11,14H,4-5,9-10,13H2,1-3H3/t14-/m0/s1. The van der Waals surface area contributed by atoms with Crippen LogP contribution in [-0.2, 0) is 9.84 Å². The summed E-state index contributed by atoms with van der Waals surface area (Å²) in [7, 11) is -3.04. The molecule has 1 saturated heterocycles. The number of nitriles is 1. The molecule has 22 heavy (non-hydrogen) atoms. The van der Waals surface area contributed by atoms with E-state index in [1.165, 1.54) is 0 Å². The fraction of sp³-hybridized carbons (Fsp3) is 0.588. The summed E-state index contributed by atoms with van der Waals surface area (Å²) in [4.78, 5) is 2.24. The SMILES string of the molecule is CCC1(CC)CN([C@@H](C)c2cccc(C#N)c2)CCS1(=O)=O. The largest absolute Gasteiger partial charge is 0.294 e. The van der Waals surface area contributed by atoms with Crippen molar-refractivity contribution in [3.8, 4) is 6.07 Å². The lowest BCUT2D eigenvalue weighted by Gasteiger charge is -2.44. The molecule has 0 saturated carbocycles. The van der Waals surface area contributed by atoms with Gasteiger partial charge in [-0.2, -0.15) is 5.26 Å². The summed E-state index contributed by atoms with van der Waals surface area (Å²) < 4.78 is 24.4. The number of rotatable bonds is 4. The molecule has 0 N–H and O–H groups in total. The molecule has 0 unspecified atom stereocenters. The third kappa shape index (κ3) is 2.90. The fourth-order valence-corrected chi connectivity index (χ4v) is 5.47. The van der Waals surface area contributed by atoms with Gasteiger partial charge in [0, 0.05) is 19.1 Å². The highest BCUT2D eigenvalue weighted by molar-refractivity contribution is 7.92. The van der Waals surface area contributed by atoms with E-state index >= 15 is 0 Å². The number of hydrogen-bond acceptors (Lipinski definition) is 4. The van der Waals surface area contributed by atoms with Gasteiger partial charge < -0.3 is 0 Å². The van der Waals surface area contributed by atoms with Crippen LogP contribution in [-0.4, -0.2) is 36.9 Å². The van der Waals surface area contributed by atoms with Crippen LogP contribution >= 0.6 is 0 Å². The van der Waals surface area contributed by atoms with Crippen LogP contribution in [0.3, 0.4) is 0 Å². The second-order valence-corrected chi connectivity index (χ2v) is 8.60. The lowest BCUT2D eigenvalue weighted by molar-refractivity contribution is 0.178. The molecule has 120 valence electrons. The van der Waals surface area contributed by atoms with Gasteiger partial charge in [0.05, 0.1) is 22.1 Å². The molecule has 1 heterocycles. The van der Waals surface area contributed by atoms with Gasteiger partial charge in [0.2, 0.25) is 0 Å². The maximum absolute atomic E-state index is 12.5. The van der Waals surface area contributed by atoms with Gasteiger partial charge in [-0.05, 0) is 37.5 Å². The molecule has 0 spiro atoms. The maximum Gasteiger partial charge on any atom is 0.158 e. The molecule has 1 aromatic carbocycles. The summed E-state index contributed by atoms with van der Waals surface area (Å²) in [6.07, 6.45) is 1.29. The van der Waals surface area contributed by atoms with Gasteiger partial charge >= 0.3 is 0 Å². The van der Waals surface area contributed by atoms with Gasteiger partial charge in [-0.25, -0.2) is 8.42 Å². The Morgan fingerprint density at radius 3 is 2.64 bits per heavy atom. The molecule has 1 atom stereocenters. The third-order valence-corrected chi connectivity index (χ3v) is 7.88. The van der Waals surface area contributed by atoms with Gasteiger partial charge in [0.1, 0.15) is 0 Å². The molecule has 2 rings (SSSR count). The van der Waals surface area contributed by atoms with Crippen LogP contribution in [0.15, 0.2) is 24.3 Å². The van der Waals surface area contributed by atoms with Crippen molar-refractivity contribution in [1.29, 1.82) is 5.26 Å². The Labute approximate surface area is 133 Å². The van der Waals surface area contributed by atoms with Crippen LogP contribution in [0.5, 0.6) is 0 Å². The second kappa shape index (κ2) is 6.39. The number of benzene rings is 1. The molecule has 5 heteroatoms. The zero-order chi connectivity index (χ0) is 16.4. The van der Waals surface area contributed by atoms with E-state index < -0.39 is 14.6 Å². The van der Waals surface area contributed by atoms with E-state index in [2.05, 4.69) is 17.9 Å². The molecule has 0 radical (unpaired) electrons. The van der Waals surface area contributed by atoms with Gasteiger partial charge in [-0.3, -0.25) is 4.90 Å². The zero-order valence-corrected chi connectivity index (χ0v) is 14.4. The first kappa shape index (κ1) is 17.0. The van der Waals surface area contributed by atoms with Gasteiger partial charge in [-0.1, -0.05) is 26.0 Å². The molecule has 4 nitrogen and oxygen atoms in total. The molecule has 0 aromatic heterocycles. The van der Waals surface area contributed by atoms with Crippen LogP contribution in [0.2, 0.25) is 0 Å². The summed E-state index contributed by atoms with van der Waals surface area (Å²) in [6.45, 7) is 7.14. The molecule has 0 bridgehead atoms. The van der Waals surface area contributed by atoms with Gasteiger partial charge in [0.25, 0.3) is 0 Å². The highest BCUT2D eigenvalue weighted by Gasteiger charge is 2.46. The molecular formula is C17H24N2O2S. The van der Waals surface area contributed by atoms with Crippen molar-refractivity contribution in [3.05, 3.63) is 35.4 Å². The van der Waals surface area contributed by atoms with E-state index in [0.717, 1.165) is 5.56 Å². The monoisotopic (exact) mass is 320 g/mol. The molecule has 0 amide bonds. The van der Waals surface area contributed by atoms with E-state index in [0.29, 0.717) is 31.5 Å². The molecular weight excluding hydrogens is 296 g/mol. The van der Waals surface area contributed by atoms with E-state index in [1.807, 2.05) is 32.0 Å². The number of nitrogens with zero attached hydrogens (tertiary/aromatic N) is 2. The Morgan fingerprint density at radius 2 is 2.05 bits per heavy atom. The van der Waals surface area contributed by atoms with Gasteiger partial charge in [0.15, 0.2) is 9.84 Å². The first-order valence-electron chi connectivity index (χ1n) is 7.85. The number of hydrogen-bond donors (Lipinski definition) is 0. The first-order valence-corrected chi connectivity index (χ1v) is 9.50. The summed E-state index contributed by atoms with van der Waals surface area (Å²) in [6, 6.07) is 9.86. The minimum Gasteiger partial charge on any atom is -0.294 e. The lowest BCUT2D eigenvalue weighted by Crippen LogP contribution is -2.56. The van der Waals surface area contributed by atoms with Crippen LogP contribution in [0, 0.1) is 11.3 Å². The third-order valence-electron chi connectivity index (χ3n) is 5.13. The Kier molecular flexibility index (Phi) is 4.93. The molecule has 1 fully saturated rings. The van der Waals surface area contributed by atoms with Crippen molar-refractivity contribution in [2.75, 3.05) is 18.8 Å². The Balaban J connectivity index is 2.28. The van der Waals surface area contributed by atoms with Crippen molar-refractivity contribution in [2.24, 2.45) is 0 Å². The predicted octanol–water partition coefficient (Wildman–Crippen LogP) is 2.91. The molecule has 0 aliphatic carbocycles. The summed E-state index contributed by atoms with van der Waals surface area (Å²) in [5, 5.41) is 9.04. The summed E-state index contributed by atoms with van der Waals surface area (Å²) in [5.41, 5.74) is 1.71. The highest BCUT2D eigenvalue weighted by Crippen LogP contribution is 2.35. The second-order valence-electron chi connectivity index (χ2n) is 6.09. The zero-order valence-electron chi connectivity index (χ0n) is 13.5. The van der Waals surface area contributed by atoms with Crippen molar-refractivity contribution in [3.63, 3.8) is 0 Å². The summed E-state index contributed by atoms with van der Waals surface area (Å²) in [5.74, 6) is 0.219. The van der Waals surface area contributed by atoms with E-state index in [9.17, 15) is 8.42 Å². The van der Waals surface area contributed by atoms with Crippen LogP contribution < -0.4 is 0 Å². The maximum atomic E-state index is 12.5. The van der Waals surface area contributed by atoms with E-state index in [1.54, 1.807) is 6.07 Å². The average Bonchev–Trinajstić information content (AvgIpc) is 2.54. The molecule has 1 aliphatic heterocycles. The fourth-order valence-electron chi connectivity index (χ4n) is 3.32. The topological polar surface area (TPSA) is 61.2 Å². The van der Waals surface area contributed by atoms with Crippen molar-refractivity contribution in [1.82, 2.24) is 4.90 Å². The minimum absolute atomic E-state index is 0.112. The van der Waals surface area contributed by atoms with Crippen molar-refractivity contribution >= 4 is 9.84 Å². The quantitative estimate of drug-likeness (QED) is 0.856. The highest BCUT2D eigenvalue weighted by atomic mass is 32.2. The Morgan fingerprint density at radius 1 is 1.36 bits per heavy atom. The normalized spacial score (nSPS) is 21.9.